The highest BCUT2D eigenvalue weighted by atomic mass is 127. The predicted molar refractivity (Wildman–Crippen MR) is 121 cm³/mol. The van der Waals surface area contributed by atoms with Gasteiger partial charge in [0.2, 0.25) is 11.8 Å². The van der Waals surface area contributed by atoms with Crippen molar-refractivity contribution in [3.8, 4) is 0 Å². The molecule has 0 radical (unpaired) electrons. The molecule has 1 aliphatic heterocycles. The minimum Gasteiger partial charge on any atom is -0.356 e. The van der Waals surface area contributed by atoms with Crippen LogP contribution in [-0.2, 0) is 9.59 Å². The fourth-order valence-electron chi connectivity index (χ4n) is 2.54. The molecule has 1 aliphatic rings. The third-order valence-electron chi connectivity index (χ3n) is 4.02. The molecule has 0 aromatic rings. The fourth-order valence-corrected chi connectivity index (χ4v) is 2.54. The summed E-state index contributed by atoms with van der Waals surface area (Å²) in [6.45, 7) is 12.8. The van der Waals surface area contributed by atoms with E-state index in [1.54, 1.807) is 19.0 Å². The Morgan fingerprint density at radius 3 is 2.15 bits per heavy atom. The molecule has 2 amide bonds. The summed E-state index contributed by atoms with van der Waals surface area (Å²) in [6, 6.07) is 0.164. The SMILES string of the molecule is CC(C)CNC(=NCC(=O)N(C)C)N1CCN(CC(=O)NC(C)C)CC1.I. The van der Waals surface area contributed by atoms with Crippen molar-refractivity contribution in [2.45, 2.75) is 33.7 Å². The van der Waals surface area contributed by atoms with Gasteiger partial charge in [-0.3, -0.25) is 14.5 Å². The summed E-state index contributed by atoms with van der Waals surface area (Å²) >= 11 is 0. The molecule has 0 aromatic heterocycles. The molecule has 27 heavy (non-hydrogen) atoms. The molecule has 0 aliphatic carbocycles. The molecular weight excluding hydrogens is 459 g/mol. The van der Waals surface area contributed by atoms with E-state index in [1.165, 1.54) is 0 Å². The number of hydrogen-bond acceptors (Lipinski definition) is 4. The lowest BCUT2D eigenvalue weighted by molar-refractivity contribution is -0.127. The minimum absolute atomic E-state index is 0. The van der Waals surface area contributed by atoms with E-state index < -0.39 is 0 Å². The van der Waals surface area contributed by atoms with E-state index in [-0.39, 0.29) is 48.4 Å². The highest BCUT2D eigenvalue weighted by Crippen LogP contribution is 2.03. The molecule has 158 valence electrons. The van der Waals surface area contributed by atoms with Gasteiger partial charge in [0.05, 0.1) is 6.54 Å². The molecule has 1 rings (SSSR count). The van der Waals surface area contributed by atoms with Crippen molar-refractivity contribution in [3.63, 3.8) is 0 Å². The summed E-state index contributed by atoms with van der Waals surface area (Å²) in [6.07, 6.45) is 0. The maximum absolute atomic E-state index is 11.9. The standard InChI is InChI=1S/C18H36N6O2.HI/c1-14(2)11-19-18(20-12-17(26)22(5)6)24-9-7-23(8-10-24)13-16(25)21-15(3)4;/h14-15H,7-13H2,1-6H3,(H,19,20)(H,21,25);1H. The number of piperazine rings is 1. The van der Waals surface area contributed by atoms with Crippen LogP contribution in [0.4, 0.5) is 0 Å². The third kappa shape index (κ3) is 10.7. The first-order chi connectivity index (χ1) is 12.2. The molecule has 1 saturated heterocycles. The maximum Gasteiger partial charge on any atom is 0.243 e. The van der Waals surface area contributed by atoms with Crippen LogP contribution in [0.25, 0.3) is 0 Å². The number of hydrogen-bond donors (Lipinski definition) is 2. The van der Waals surface area contributed by atoms with Gasteiger partial charge in [-0.1, -0.05) is 13.8 Å². The van der Waals surface area contributed by atoms with E-state index >= 15 is 0 Å². The quantitative estimate of drug-likeness (QED) is 0.304. The molecule has 1 heterocycles. The van der Waals surface area contributed by atoms with Crippen LogP contribution in [0.15, 0.2) is 4.99 Å². The normalized spacial score (nSPS) is 15.6. The van der Waals surface area contributed by atoms with Crippen LogP contribution in [0.3, 0.4) is 0 Å². The number of halogens is 1. The largest absolute Gasteiger partial charge is 0.356 e. The lowest BCUT2D eigenvalue weighted by Crippen LogP contribution is -2.54. The summed E-state index contributed by atoms with van der Waals surface area (Å²) in [7, 11) is 3.47. The van der Waals surface area contributed by atoms with Crippen LogP contribution in [0.5, 0.6) is 0 Å². The van der Waals surface area contributed by atoms with Crippen LogP contribution in [0.2, 0.25) is 0 Å². The predicted octanol–water partition coefficient (Wildman–Crippen LogP) is 0.436. The number of carbonyl (C=O) groups excluding carboxylic acids is 2. The van der Waals surface area contributed by atoms with Gasteiger partial charge in [-0.05, 0) is 19.8 Å². The van der Waals surface area contributed by atoms with E-state index in [9.17, 15) is 9.59 Å². The van der Waals surface area contributed by atoms with Crippen LogP contribution in [-0.4, -0.2) is 98.4 Å². The van der Waals surface area contributed by atoms with E-state index in [1.807, 2.05) is 13.8 Å². The molecule has 9 heteroatoms. The molecule has 2 N–H and O–H groups in total. The van der Waals surface area contributed by atoms with E-state index in [0.29, 0.717) is 12.5 Å². The van der Waals surface area contributed by atoms with Crippen molar-refractivity contribution in [2.75, 3.05) is 59.9 Å². The van der Waals surface area contributed by atoms with Gasteiger partial charge in [-0.2, -0.15) is 0 Å². The zero-order chi connectivity index (χ0) is 19.7. The number of rotatable bonds is 7. The van der Waals surface area contributed by atoms with Crippen molar-refractivity contribution in [2.24, 2.45) is 10.9 Å². The van der Waals surface area contributed by atoms with Crippen LogP contribution < -0.4 is 10.6 Å². The lowest BCUT2D eigenvalue weighted by Gasteiger charge is -2.36. The first-order valence-electron chi connectivity index (χ1n) is 9.44. The highest BCUT2D eigenvalue weighted by Gasteiger charge is 2.22. The Balaban J connectivity index is 0.00000676. The van der Waals surface area contributed by atoms with Crippen molar-refractivity contribution < 1.29 is 9.59 Å². The number of guanidine groups is 1. The van der Waals surface area contributed by atoms with Crippen molar-refractivity contribution in [3.05, 3.63) is 0 Å². The summed E-state index contributed by atoms with van der Waals surface area (Å²) in [5.41, 5.74) is 0. The van der Waals surface area contributed by atoms with Crippen LogP contribution in [0.1, 0.15) is 27.7 Å². The van der Waals surface area contributed by atoms with Gasteiger partial charge < -0.3 is 20.4 Å². The minimum atomic E-state index is -0.0159. The van der Waals surface area contributed by atoms with Crippen LogP contribution in [0, 0.1) is 5.92 Å². The Morgan fingerprint density at radius 1 is 1.07 bits per heavy atom. The molecule has 0 bridgehead atoms. The fraction of sp³-hybridized carbons (Fsp3) is 0.833. The Morgan fingerprint density at radius 2 is 1.67 bits per heavy atom. The average molecular weight is 496 g/mol. The van der Waals surface area contributed by atoms with E-state index in [4.69, 9.17) is 0 Å². The van der Waals surface area contributed by atoms with Gasteiger partial charge in [-0.15, -0.1) is 24.0 Å². The first kappa shape index (κ1) is 25.9. The topological polar surface area (TPSA) is 80.3 Å². The van der Waals surface area contributed by atoms with Gasteiger partial charge in [0.1, 0.15) is 6.54 Å². The molecule has 0 spiro atoms. The number of aliphatic imine (C=N–C) groups is 1. The van der Waals surface area contributed by atoms with E-state index in [0.717, 1.165) is 38.7 Å². The molecular formula is C18H37IN6O2. The molecule has 0 unspecified atom stereocenters. The molecule has 1 fully saturated rings. The van der Waals surface area contributed by atoms with Crippen molar-refractivity contribution in [1.82, 2.24) is 25.3 Å². The second-order valence-corrected chi connectivity index (χ2v) is 7.69. The summed E-state index contributed by atoms with van der Waals surface area (Å²) < 4.78 is 0. The monoisotopic (exact) mass is 496 g/mol. The third-order valence-corrected chi connectivity index (χ3v) is 4.02. The smallest absolute Gasteiger partial charge is 0.243 e. The Kier molecular flexibility index (Phi) is 12.6. The first-order valence-corrected chi connectivity index (χ1v) is 9.44. The van der Waals surface area contributed by atoms with Gasteiger partial charge in [0.25, 0.3) is 0 Å². The number of likely N-dealkylation sites (N-methyl/N-ethyl adjacent to an activating group) is 1. The Hall–Kier alpha value is -1.10. The van der Waals surface area contributed by atoms with Crippen LogP contribution >= 0.6 is 24.0 Å². The lowest BCUT2D eigenvalue weighted by atomic mass is 10.2. The summed E-state index contributed by atoms with van der Waals surface area (Å²) in [4.78, 5) is 34.1. The molecule has 8 nitrogen and oxygen atoms in total. The molecule has 0 atom stereocenters. The summed E-state index contributed by atoms with van der Waals surface area (Å²) in [5.74, 6) is 1.32. The zero-order valence-corrected chi connectivity index (χ0v) is 19.9. The van der Waals surface area contributed by atoms with Gasteiger partial charge in [0, 0.05) is 52.9 Å². The maximum atomic E-state index is 11.9. The van der Waals surface area contributed by atoms with Gasteiger partial charge in [-0.25, -0.2) is 4.99 Å². The highest BCUT2D eigenvalue weighted by molar-refractivity contribution is 14.0. The Bertz CT molecular complexity index is 488. The second kappa shape index (κ2) is 13.1. The zero-order valence-electron chi connectivity index (χ0n) is 17.6. The Labute approximate surface area is 181 Å². The van der Waals surface area contributed by atoms with Gasteiger partial charge >= 0.3 is 0 Å². The average Bonchev–Trinajstić information content (AvgIpc) is 2.54. The molecule has 0 saturated carbocycles. The van der Waals surface area contributed by atoms with Crippen molar-refractivity contribution in [1.29, 1.82) is 0 Å². The number of amides is 2. The van der Waals surface area contributed by atoms with Crippen molar-refractivity contribution >= 4 is 41.8 Å². The van der Waals surface area contributed by atoms with E-state index in [2.05, 4.69) is 39.3 Å². The number of nitrogens with one attached hydrogen (secondary N) is 2. The molecule has 0 aromatic carbocycles. The second-order valence-electron chi connectivity index (χ2n) is 7.69. The summed E-state index contributed by atoms with van der Waals surface area (Å²) in [5, 5.41) is 6.30. The number of carbonyl (C=O) groups is 2. The number of nitrogens with zero attached hydrogens (tertiary/aromatic N) is 4. The van der Waals surface area contributed by atoms with Gasteiger partial charge in [0.15, 0.2) is 5.96 Å².